The maximum absolute atomic E-state index is 16.6. The second-order valence-corrected chi connectivity index (χ2v) is 16.8. The first-order chi connectivity index (χ1) is 28.3. The number of nitrogens with zero attached hydrogens (tertiary/aromatic N) is 7. The van der Waals surface area contributed by atoms with E-state index in [1.165, 1.54) is 0 Å². The number of aliphatic hydroxyl groups is 1. The highest BCUT2D eigenvalue weighted by Crippen LogP contribution is 2.56. The Labute approximate surface area is 336 Å². The van der Waals surface area contributed by atoms with Gasteiger partial charge in [-0.15, -0.1) is 0 Å². The minimum Gasteiger partial charge on any atom is -0.394 e. The molecule has 314 valence electrons. The summed E-state index contributed by atoms with van der Waals surface area (Å²) >= 11 is 5.56. The molecule has 6 rings (SSSR count). The summed E-state index contributed by atoms with van der Waals surface area (Å²) in [5, 5.41) is 30.4. The van der Waals surface area contributed by atoms with Crippen LogP contribution in [0.3, 0.4) is 0 Å². The molecule has 2 fully saturated rings. The van der Waals surface area contributed by atoms with Crippen molar-refractivity contribution in [1.29, 1.82) is 10.5 Å². The quantitative estimate of drug-likeness (QED) is 0.0821. The van der Waals surface area contributed by atoms with Crippen LogP contribution in [0.1, 0.15) is 35.7 Å². The monoisotopic (exact) mass is 883 g/mol. The van der Waals surface area contributed by atoms with E-state index in [2.05, 4.69) is 20.3 Å². The summed E-state index contributed by atoms with van der Waals surface area (Å²) in [6.45, 7) is -7.08. The molecule has 1 aromatic carbocycles. The van der Waals surface area contributed by atoms with Gasteiger partial charge in [-0.05, 0) is 23.9 Å². The van der Waals surface area contributed by atoms with Crippen LogP contribution in [0.4, 0.5) is 14.6 Å². The molecule has 2 aliphatic heterocycles. The van der Waals surface area contributed by atoms with Gasteiger partial charge in [-0.3, -0.25) is 37.3 Å². The SMILES string of the molecule is N#CCCOP(=O)(O)OC1[C@H](COP(=S)(OCCC#N)O[C@@H]2C(F)[C@H](CO)O[C@@H]2n2ccc(=O)[nH]c2=O)O[C@H](n2cnc3c(NC(=O)c4ccccc4)ncnc32)[C@@H]1F. The van der Waals surface area contributed by atoms with Crippen molar-refractivity contribution in [3.05, 3.63) is 81.7 Å². The maximum Gasteiger partial charge on any atom is 0.472 e. The molecule has 3 aromatic heterocycles. The zero-order chi connectivity index (χ0) is 42.3. The summed E-state index contributed by atoms with van der Waals surface area (Å²) < 4.78 is 86.1. The number of phosphoric ester groups is 1. The molecule has 0 spiro atoms. The van der Waals surface area contributed by atoms with Crippen LogP contribution in [-0.4, -0.2) is 108 Å². The Hall–Kier alpha value is -4.72. The van der Waals surface area contributed by atoms with Crippen LogP contribution in [0.2, 0.25) is 0 Å². The lowest BCUT2D eigenvalue weighted by molar-refractivity contribution is -0.0595. The predicted molar refractivity (Wildman–Crippen MR) is 198 cm³/mol. The topological polar surface area (TPSA) is 297 Å². The highest BCUT2D eigenvalue weighted by atomic mass is 32.5. The predicted octanol–water partition coefficient (Wildman–Crippen LogP) is 2.06. The van der Waals surface area contributed by atoms with Crippen molar-refractivity contribution in [3.63, 3.8) is 0 Å². The first-order valence-corrected chi connectivity index (χ1v) is 21.4. The lowest BCUT2D eigenvalue weighted by atomic mass is 10.1. The van der Waals surface area contributed by atoms with Gasteiger partial charge in [0.2, 0.25) is 0 Å². The van der Waals surface area contributed by atoms with Crippen molar-refractivity contribution in [2.24, 2.45) is 0 Å². The fraction of sp³-hybridized carbons (Fsp3) is 0.438. The second kappa shape index (κ2) is 19.1. The molecule has 2 aliphatic rings. The van der Waals surface area contributed by atoms with Gasteiger partial charge in [0.25, 0.3) is 11.5 Å². The number of hydrogen-bond donors (Lipinski definition) is 4. The van der Waals surface area contributed by atoms with E-state index in [-0.39, 0.29) is 29.8 Å². The van der Waals surface area contributed by atoms with E-state index in [1.807, 2.05) is 11.1 Å². The van der Waals surface area contributed by atoms with Gasteiger partial charge >= 0.3 is 20.2 Å². The minimum absolute atomic E-state index is 0.00380. The number of benzene rings is 1. The number of halogens is 2. The van der Waals surface area contributed by atoms with Crippen LogP contribution in [0.5, 0.6) is 0 Å². The Morgan fingerprint density at radius 2 is 1.66 bits per heavy atom. The van der Waals surface area contributed by atoms with Gasteiger partial charge in [-0.25, -0.2) is 33.1 Å². The number of nitriles is 2. The van der Waals surface area contributed by atoms with E-state index in [0.29, 0.717) is 5.56 Å². The van der Waals surface area contributed by atoms with Crippen molar-refractivity contribution >= 4 is 49.2 Å². The van der Waals surface area contributed by atoms with Crippen molar-refractivity contribution in [2.75, 3.05) is 31.7 Å². The third kappa shape index (κ3) is 10.2. The molecule has 10 atom stereocenters. The third-order valence-corrected chi connectivity index (χ3v) is 11.9. The largest absolute Gasteiger partial charge is 0.472 e. The number of aliphatic hydroxyl groups excluding tert-OH is 1. The van der Waals surface area contributed by atoms with Gasteiger partial charge in [-0.1, -0.05) is 18.2 Å². The fourth-order valence-corrected chi connectivity index (χ4v) is 8.89. The molecule has 5 heterocycles. The van der Waals surface area contributed by atoms with Crippen molar-refractivity contribution in [2.45, 2.75) is 62.1 Å². The Balaban J connectivity index is 1.29. The average Bonchev–Trinajstić information content (AvgIpc) is 3.87. The molecular weight excluding hydrogens is 850 g/mol. The Bertz CT molecular complexity index is 2430. The summed E-state index contributed by atoms with van der Waals surface area (Å²) in [4.78, 5) is 62.2. The number of carbonyl (C=O) groups excluding carboxylic acids is 1. The van der Waals surface area contributed by atoms with E-state index in [0.717, 1.165) is 34.1 Å². The number of ether oxygens (including phenoxy) is 2. The molecule has 0 bridgehead atoms. The van der Waals surface area contributed by atoms with E-state index in [4.69, 9.17) is 54.4 Å². The van der Waals surface area contributed by atoms with Crippen LogP contribution < -0.4 is 16.6 Å². The lowest BCUT2D eigenvalue weighted by Crippen LogP contribution is -2.38. The van der Waals surface area contributed by atoms with E-state index >= 15 is 8.78 Å². The molecule has 4 N–H and O–H groups in total. The molecule has 4 unspecified atom stereocenters. The molecule has 1 amide bonds. The first-order valence-electron chi connectivity index (χ1n) is 17.3. The number of aromatic amines is 1. The number of carbonyl (C=O) groups is 1. The van der Waals surface area contributed by atoms with Crippen LogP contribution in [-0.2, 0) is 48.5 Å². The number of rotatable bonds is 18. The summed E-state index contributed by atoms with van der Waals surface area (Å²) in [6, 6.07) is 12.6. The summed E-state index contributed by atoms with van der Waals surface area (Å²) in [6.07, 6.45) is -12.4. The zero-order valence-corrected chi connectivity index (χ0v) is 32.7. The highest BCUT2D eigenvalue weighted by Gasteiger charge is 2.53. The Morgan fingerprint density at radius 3 is 2.36 bits per heavy atom. The fourth-order valence-electron chi connectivity index (χ4n) is 5.89. The van der Waals surface area contributed by atoms with Gasteiger partial charge in [0.15, 0.2) is 41.8 Å². The van der Waals surface area contributed by atoms with Gasteiger partial charge in [0.1, 0.15) is 30.7 Å². The van der Waals surface area contributed by atoms with Crippen molar-refractivity contribution < 1.29 is 60.2 Å². The third-order valence-electron chi connectivity index (χ3n) is 8.57. The van der Waals surface area contributed by atoms with Crippen molar-refractivity contribution in [1.82, 2.24) is 29.1 Å². The molecule has 0 aliphatic carbocycles. The molecule has 2 saturated heterocycles. The smallest absolute Gasteiger partial charge is 0.394 e. The number of phosphoric acid groups is 1. The Kier molecular flexibility index (Phi) is 14.2. The number of nitrogens with one attached hydrogen (secondary N) is 2. The number of H-pyrrole nitrogens is 1. The van der Waals surface area contributed by atoms with E-state index in [9.17, 15) is 28.9 Å². The highest BCUT2D eigenvalue weighted by molar-refractivity contribution is 8.07. The standard InChI is InChI=1S/C32H33F2N9O13P2S/c33-22-19(14-44)53-31(42-11-8-21(45)40-32(42)47)26(22)56-58(59,51-13-5-10-36)52-15-20-25(55-57(48,49)50-12-4-9-35)23(34)30(54-20)43-17-39-24-27(37-16-38-28(24)43)41-29(46)18-6-2-1-3-7-18/h1-3,6-8,11,16-17,19-20,22-23,25-26,30-31,44H,4-5,12-15H2,(H,48,49)(H,40,45,47)(H,37,38,41,46)/t19-,20-,22?,23+,25?,26+,30-,31-,58?/m0/s1. The number of hydrogen-bond acceptors (Lipinski definition) is 18. The summed E-state index contributed by atoms with van der Waals surface area (Å²) in [5.41, 5.74) is -1.57. The number of imidazole rings is 1. The van der Waals surface area contributed by atoms with Crippen LogP contribution in [0.15, 0.2) is 64.8 Å². The molecule has 0 radical (unpaired) electrons. The lowest BCUT2D eigenvalue weighted by Gasteiger charge is -2.29. The zero-order valence-electron chi connectivity index (χ0n) is 30.1. The first kappa shape index (κ1) is 43.8. The van der Waals surface area contributed by atoms with Gasteiger partial charge < -0.3 is 33.8 Å². The molecule has 27 heteroatoms. The number of amides is 1. The molecule has 0 saturated carbocycles. The normalized spacial score (nSPS) is 26.1. The summed E-state index contributed by atoms with van der Waals surface area (Å²) in [5.74, 6) is -0.585. The van der Waals surface area contributed by atoms with Crippen LogP contribution >= 0.6 is 14.5 Å². The number of alkyl halides is 2. The van der Waals surface area contributed by atoms with Crippen molar-refractivity contribution in [3.8, 4) is 12.1 Å². The minimum atomic E-state index is -5.12. The van der Waals surface area contributed by atoms with Gasteiger partial charge in [0.05, 0.1) is 57.7 Å². The van der Waals surface area contributed by atoms with Gasteiger partial charge in [0, 0.05) is 17.8 Å². The molecular formula is C32H33F2N9O13P2S. The van der Waals surface area contributed by atoms with Gasteiger partial charge in [-0.2, -0.15) is 10.5 Å². The van der Waals surface area contributed by atoms with Crippen LogP contribution in [0, 0.1) is 22.7 Å². The number of aromatic nitrogens is 6. The number of fused-ring (bicyclic) bond motifs is 1. The Morgan fingerprint density at radius 1 is 0.949 bits per heavy atom. The van der Waals surface area contributed by atoms with E-state index in [1.54, 1.807) is 36.4 Å². The number of anilines is 1. The summed E-state index contributed by atoms with van der Waals surface area (Å²) in [7, 11) is -5.12. The molecule has 4 aromatic rings. The molecule has 59 heavy (non-hydrogen) atoms. The average molecular weight is 884 g/mol. The molecule has 22 nitrogen and oxygen atoms in total. The second-order valence-electron chi connectivity index (χ2n) is 12.4. The maximum atomic E-state index is 16.6. The van der Waals surface area contributed by atoms with E-state index < -0.39 is 107 Å². The van der Waals surface area contributed by atoms with Crippen LogP contribution in [0.25, 0.3) is 11.2 Å².